The number of hydrogen-bond donors (Lipinski definition) is 0. The fourth-order valence-electron chi connectivity index (χ4n) is 2.68. The van der Waals surface area contributed by atoms with Crippen molar-refractivity contribution in [1.82, 2.24) is 13.9 Å². The van der Waals surface area contributed by atoms with Gasteiger partial charge in [-0.25, -0.2) is 0 Å². The van der Waals surface area contributed by atoms with Gasteiger partial charge in [0.2, 0.25) is 0 Å². The Morgan fingerprint density at radius 1 is 1.00 bits per heavy atom. The summed E-state index contributed by atoms with van der Waals surface area (Å²) in [6, 6.07) is 11.9. The molecule has 1 aromatic carbocycles. The highest BCUT2D eigenvalue weighted by Crippen LogP contribution is 2.15. The zero-order valence-electron chi connectivity index (χ0n) is 11.9. The van der Waals surface area contributed by atoms with Gasteiger partial charge in [-0.15, -0.1) is 0 Å². The number of fused-ring (bicyclic) bond motifs is 3. The highest BCUT2D eigenvalue weighted by atomic mass is 16.1. The predicted octanol–water partition coefficient (Wildman–Crippen LogP) is 2.21. The molecule has 4 heteroatoms. The lowest BCUT2D eigenvalue weighted by Crippen LogP contribution is -2.24. The molecule has 0 fully saturated rings. The van der Waals surface area contributed by atoms with Gasteiger partial charge in [0.05, 0.1) is 11.0 Å². The van der Waals surface area contributed by atoms with E-state index in [4.69, 9.17) is 0 Å². The van der Waals surface area contributed by atoms with E-state index in [0.717, 1.165) is 36.1 Å². The third kappa shape index (κ3) is 2.12. The molecule has 0 atom stereocenters. The normalized spacial score (nSPS) is 11.8. The fourth-order valence-corrected chi connectivity index (χ4v) is 2.68. The molecule has 0 N–H and O–H groups in total. The summed E-state index contributed by atoms with van der Waals surface area (Å²) in [7, 11) is 4.11. The monoisotopic (exact) mass is 269 g/mol. The highest BCUT2D eigenvalue weighted by molar-refractivity contribution is 5.78. The number of aryl methyl sites for hydroxylation is 1. The Morgan fingerprint density at radius 3 is 2.45 bits per heavy atom. The van der Waals surface area contributed by atoms with Crippen molar-refractivity contribution in [3.8, 4) is 0 Å². The van der Waals surface area contributed by atoms with Gasteiger partial charge in [0.15, 0.2) is 0 Å². The molecule has 0 saturated carbocycles. The molecule has 3 aromatic rings. The number of hydrogen-bond acceptors (Lipinski definition) is 2. The first kappa shape index (κ1) is 12.9. The van der Waals surface area contributed by atoms with E-state index in [1.807, 2.05) is 45.5 Å². The number of benzene rings is 1. The van der Waals surface area contributed by atoms with E-state index in [-0.39, 0.29) is 5.56 Å². The molecule has 2 aromatic heterocycles. The van der Waals surface area contributed by atoms with Crippen LogP contribution in [0.1, 0.15) is 6.42 Å². The van der Waals surface area contributed by atoms with Gasteiger partial charge in [-0.2, -0.15) is 0 Å². The van der Waals surface area contributed by atoms with Crippen LogP contribution >= 0.6 is 0 Å². The van der Waals surface area contributed by atoms with Crippen LogP contribution < -0.4 is 5.56 Å². The van der Waals surface area contributed by atoms with E-state index in [0.29, 0.717) is 0 Å². The molecule has 20 heavy (non-hydrogen) atoms. The van der Waals surface area contributed by atoms with Crippen molar-refractivity contribution in [2.75, 3.05) is 20.6 Å². The summed E-state index contributed by atoms with van der Waals surface area (Å²) in [5.74, 6) is 0. The first-order valence-corrected chi connectivity index (χ1v) is 6.92. The minimum atomic E-state index is 0.0902. The van der Waals surface area contributed by atoms with E-state index in [9.17, 15) is 4.79 Å². The molecule has 0 aliphatic rings. The number of aromatic nitrogens is 2. The van der Waals surface area contributed by atoms with Crippen molar-refractivity contribution in [2.24, 2.45) is 0 Å². The van der Waals surface area contributed by atoms with Crippen LogP contribution in [0, 0.1) is 0 Å². The van der Waals surface area contributed by atoms with Crippen LogP contribution in [0.3, 0.4) is 0 Å². The summed E-state index contributed by atoms with van der Waals surface area (Å²) >= 11 is 0. The Kier molecular flexibility index (Phi) is 3.32. The summed E-state index contributed by atoms with van der Waals surface area (Å²) in [6.07, 6.45) is 2.91. The first-order valence-electron chi connectivity index (χ1n) is 6.92. The molecule has 0 aliphatic carbocycles. The molecule has 4 nitrogen and oxygen atoms in total. The maximum atomic E-state index is 12.6. The smallest absolute Gasteiger partial charge is 0.275 e. The van der Waals surface area contributed by atoms with Gasteiger partial charge in [0, 0.05) is 12.7 Å². The van der Waals surface area contributed by atoms with E-state index in [1.54, 1.807) is 0 Å². The van der Waals surface area contributed by atoms with Gasteiger partial charge in [-0.05, 0) is 51.3 Å². The third-order valence-corrected chi connectivity index (χ3v) is 3.63. The van der Waals surface area contributed by atoms with Gasteiger partial charge < -0.3 is 13.9 Å². The second kappa shape index (κ2) is 5.13. The van der Waals surface area contributed by atoms with E-state index >= 15 is 0 Å². The Balaban J connectivity index is 2.17. The lowest BCUT2D eigenvalue weighted by atomic mass is 10.2. The van der Waals surface area contributed by atoms with Crippen molar-refractivity contribution in [3.05, 3.63) is 52.9 Å². The van der Waals surface area contributed by atoms with Gasteiger partial charge >= 0.3 is 0 Å². The van der Waals surface area contributed by atoms with E-state index in [2.05, 4.69) is 25.1 Å². The molecular weight excluding hydrogens is 250 g/mol. The molecular formula is C16H19N3O. The Hall–Kier alpha value is -2.07. The molecule has 2 heterocycles. The van der Waals surface area contributed by atoms with Gasteiger partial charge in [-0.1, -0.05) is 12.1 Å². The lowest BCUT2D eigenvalue weighted by molar-refractivity contribution is 0.386. The highest BCUT2D eigenvalue weighted by Gasteiger charge is 2.09. The van der Waals surface area contributed by atoms with Crippen molar-refractivity contribution in [2.45, 2.75) is 13.0 Å². The predicted molar refractivity (Wildman–Crippen MR) is 82.3 cm³/mol. The average Bonchev–Trinajstić information content (AvgIpc) is 2.92. The molecule has 0 radical (unpaired) electrons. The topological polar surface area (TPSA) is 29.7 Å². The minimum Gasteiger partial charge on any atom is -0.310 e. The number of rotatable bonds is 4. The molecule has 3 rings (SSSR count). The summed E-state index contributed by atoms with van der Waals surface area (Å²) in [4.78, 5) is 14.7. The van der Waals surface area contributed by atoms with Crippen molar-refractivity contribution in [3.63, 3.8) is 0 Å². The van der Waals surface area contributed by atoms with Gasteiger partial charge in [0.25, 0.3) is 5.56 Å². The van der Waals surface area contributed by atoms with Crippen LogP contribution in [0.25, 0.3) is 16.6 Å². The Morgan fingerprint density at radius 2 is 1.70 bits per heavy atom. The SMILES string of the molecule is CN(C)CCCn1c(=O)c2cccn2c2ccccc21. The second-order valence-electron chi connectivity index (χ2n) is 5.37. The standard InChI is InChI=1S/C16H19N3O/c1-17(2)10-6-12-19-14-8-4-3-7-13(14)18-11-5-9-15(18)16(19)20/h3-5,7-9,11H,6,10,12H2,1-2H3. The van der Waals surface area contributed by atoms with E-state index < -0.39 is 0 Å². The summed E-state index contributed by atoms with van der Waals surface area (Å²) < 4.78 is 3.87. The lowest BCUT2D eigenvalue weighted by Gasteiger charge is -2.14. The van der Waals surface area contributed by atoms with Crippen molar-refractivity contribution in [1.29, 1.82) is 0 Å². The summed E-state index contributed by atoms with van der Waals surface area (Å²) in [5.41, 5.74) is 2.91. The molecule has 0 bridgehead atoms. The quantitative estimate of drug-likeness (QED) is 0.727. The van der Waals surface area contributed by atoms with Gasteiger partial charge in [-0.3, -0.25) is 4.79 Å². The van der Waals surface area contributed by atoms with Crippen LogP contribution in [0.15, 0.2) is 47.4 Å². The van der Waals surface area contributed by atoms with Crippen LogP contribution in [0.2, 0.25) is 0 Å². The molecule has 0 spiro atoms. The zero-order chi connectivity index (χ0) is 14.1. The van der Waals surface area contributed by atoms with Crippen molar-refractivity contribution >= 4 is 16.6 Å². The number of para-hydroxylation sites is 2. The van der Waals surface area contributed by atoms with Crippen LogP contribution in [0.5, 0.6) is 0 Å². The van der Waals surface area contributed by atoms with Crippen LogP contribution in [0.4, 0.5) is 0 Å². The molecule has 0 amide bonds. The van der Waals surface area contributed by atoms with Gasteiger partial charge in [0.1, 0.15) is 5.52 Å². The van der Waals surface area contributed by atoms with Crippen molar-refractivity contribution < 1.29 is 0 Å². The Bertz CT molecular complexity index is 798. The second-order valence-corrected chi connectivity index (χ2v) is 5.37. The largest absolute Gasteiger partial charge is 0.310 e. The minimum absolute atomic E-state index is 0.0902. The molecule has 104 valence electrons. The maximum absolute atomic E-state index is 12.6. The van der Waals surface area contributed by atoms with E-state index in [1.165, 1.54) is 0 Å². The molecule has 0 saturated heterocycles. The number of nitrogens with zero attached hydrogens (tertiary/aromatic N) is 3. The summed E-state index contributed by atoms with van der Waals surface area (Å²) in [6.45, 7) is 1.73. The fraction of sp³-hybridized carbons (Fsp3) is 0.312. The van der Waals surface area contributed by atoms with Crippen LogP contribution in [-0.4, -0.2) is 34.5 Å². The summed E-state index contributed by atoms with van der Waals surface area (Å²) in [5, 5.41) is 0. The Labute approximate surface area is 117 Å². The zero-order valence-corrected chi connectivity index (χ0v) is 11.9. The average molecular weight is 269 g/mol. The third-order valence-electron chi connectivity index (χ3n) is 3.63. The van der Waals surface area contributed by atoms with Crippen LogP contribution in [-0.2, 0) is 6.54 Å². The molecule has 0 aliphatic heterocycles. The first-order chi connectivity index (χ1) is 9.68. The molecule has 0 unspecified atom stereocenters. The maximum Gasteiger partial charge on any atom is 0.275 e.